The van der Waals surface area contributed by atoms with Gasteiger partial charge >= 0.3 is 0 Å². The SMILES string of the molecule is OC[C@H]1O[C@@H](n2cnc3c(NCc4cc(O)c(Cl)cc4O)ncnc32)[C@H](O)[C@@H]1O. The van der Waals surface area contributed by atoms with Crippen molar-refractivity contribution in [3.8, 4) is 11.5 Å². The minimum absolute atomic E-state index is 0.0351. The molecule has 3 heterocycles. The van der Waals surface area contributed by atoms with Gasteiger partial charge in [-0.2, -0.15) is 0 Å². The van der Waals surface area contributed by atoms with Gasteiger partial charge in [0.1, 0.15) is 36.1 Å². The van der Waals surface area contributed by atoms with Crippen LogP contribution in [-0.2, 0) is 11.3 Å². The van der Waals surface area contributed by atoms with Crippen molar-refractivity contribution in [2.45, 2.75) is 31.1 Å². The third-order valence-electron chi connectivity index (χ3n) is 4.74. The molecule has 11 nitrogen and oxygen atoms in total. The number of fused-ring (bicyclic) bond motifs is 1. The molecule has 1 aliphatic heterocycles. The highest BCUT2D eigenvalue weighted by atomic mass is 35.5. The maximum absolute atomic E-state index is 10.2. The summed E-state index contributed by atoms with van der Waals surface area (Å²) in [5.74, 6) is 0.0831. The Labute approximate surface area is 168 Å². The number of aromatic hydroxyl groups is 2. The molecule has 2 aromatic heterocycles. The van der Waals surface area contributed by atoms with Gasteiger partial charge in [0.15, 0.2) is 23.2 Å². The number of halogens is 1. The molecule has 3 aromatic rings. The highest BCUT2D eigenvalue weighted by molar-refractivity contribution is 6.32. The van der Waals surface area contributed by atoms with Crippen LogP contribution in [0.25, 0.3) is 11.2 Å². The lowest BCUT2D eigenvalue weighted by Crippen LogP contribution is -2.33. The van der Waals surface area contributed by atoms with Crippen molar-refractivity contribution >= 4 is 28.6 Å². The standard InChI is InChI=1S/C17H18ClN5O6/c18-8-2-9(25)7(1-10(8)26)3-19-15-12-16(21-5-20-15)23(6-22-12)17-14(28)13(27)11(4-24)29-17/h1-2,5-6,11,13-14,17,24-28H,3-4H2,(H,19,20,21)/t11-,13-,14-,17-/m1/s1. The van der Waals surface area contributed by atoms with Crippen LogP contribution < -0.4 is 5.32 Å². The van der Waals surface area contributed by atoms with E-state index in [1.807, 2.05) is 0 Å². The third-order valence-corrected chi connectivity index (χ3v) is 5.05. The van der Waals surface area contributed by atoms with Crippen molar-refractivity contribution in [3.63, 3.8) is 0 Å². The van der Waals surface area contributed by atoms with Crippen LogP contribution in [0.4, 0.5) is 5.82 Å². The first-order valence-electron chi connectivity index (χ1n) is 8.65. The first-order valence-corrected chi connectivity index (χ1v) is 9.02. The molecule has 29 heavy (non-hydrogen) atoms. The van der Waals surface area contributed by atoms with Crippen molar-refractivity contribution in [3.05, 3.63) is 35.4 Å². The van der Waals surface area contributed by atoms with Crippen molar-refractivity contribution in [1.82, 2.24) is 19.5 Å². The van der Waals surface area contributed by atoms with Crippen LogP contribution in [0.1, 0.15) is 11.8 Å². The number of rotatable bonds is 5. The van der Waals surface area contributed by atoms with E-state index in [9.17, 15) is 25.5 Å². The van der Waals surface area contributed by atoms with Crippen LogP contribution in [0.2, 0.25) is 5.02 Å². The summed E-state index contributed by atoms with van der Waals surface area (Å²) in [6, 6.07) is 2.57. The molecule has 1 saturated heterocycles. The molecule has 4 rings (SSSR count). The lowest BCUT2D eigenvalue weighted by Gasteiger charge is -2.16. The predicted molar refractivity (Wildman–Crippen MR) is 100 cm³/mol. The molecule has 0 unspecified atom stereocenters. The summed E-state index contributed by atoms with van der Waals surface area (Å²) in [4.78, 5) is 12.5. The Hall–Kier alpha value is -2.70. The van der Waals surface area contributed by atoms with E-state index in [-0.39, 0.29) is 23.1 Å². The van der Waals surface area contributed by atoms with E-state index < -0.39 is 31.1 Å². The Bertz CT molecular complexity index is 1050. The zero-order chi connectivity index (χ0) is 20.7. The molecule has 0 spiro atoms. The van der Waals surface area contributed by atoms with E-state index in [2.05, 4.69) is 20.3 Å². The number of benzene rings is 1. The zero-order valence-electron chi connectivity index (χ0n) is 14.8. The van der Waals surface area contributed by atoms with E-state index in [1.165, 1.54) is 29.4 Å². The van der Waals surface area contributed by atoms with Crippen LogP contribution >= 0.6 is 11.6 Å². The zero-order valence-corrected chi connectivity index (χ0v) is 15.6. The summed E-state index contributed by atoms with van der Waals surface area (Å²) in [5.41, 5.74) is 1.09. The Morgan fingerprint density at radius 3 is 2.62 bits per heavy atom. The molecule has 12 heteroatoms. The second kappa shape index (κ2) is 7.61. The lowest BCUT2D eigenvalue weighted by molar-refractivity contribution is -0.0511. The number of phenols is 2. The van der Waals surface area contributed by atoms with Gasteiger partial charge in [-0.3, -0.25) is 4.57 Å². The summed E-state index contributed by atoms with van der Waals surface area (Å²) in [7, 11) is 0. The van der Waals surface area contributed by atoms with Gasteiger partial charge in [-0.25, -0.2) is 15.0 Å². The summed E-state index contributed by atoms with van der Waals surface area (Å²) in [6.45, 7) is -0.329. The van der Waals surface area contributed by atoms with Gasteiger partial charge in [0, 0.05) is 18.2 Å². The number of aromatic nitrogens is 4. The number of phenolic OH excluding ortho intramolecular Hbond substituents is 2. The maximum atomic E-state index is 10.2. The van der Waals surface area contributed by atoms with E-state index in [0.29, 0.717) is 22.5 Å². The number of hydrogen-bond donors (Lipinski definition) is 6. The Morgan fingerprint density at radius 2 is 1.90 bits per heavy atom. The van der Waals surface area contributed by atoms with Crippen molar-refractivity contribution in [2.75, 3.05) is 11.9 Å². The molecule has 1 aliphatic rings. The number of nitrogens with one attached hydrogen (secondary N) is 1. The molecule has 0 saturated carbocycles. The van der Waals surface area contributed by atoms with Crippen LogP contribution in [0.3, 0.4) is 0 Å². The van der Waals surface area contributed by atoms with E-state index in [0.717, 1.165) is 0 Å². The summed E-state index contributed by atoms with van der Waals surface area (Å²) < 4.78 is 6.96. The van der Waals surface area contributed by atoms with E-state index >= 15 is 0 Å². The van der Waals surface area contributed by atoms with Crippen LogP contribution in [0, 0.1) is 0 Å². The van der Waals surface area contributed by atoms with Gasteiger partial charge in [-0.1, -0.05) is 11.6 Å². The number of nitrogens with zero attached hydrogens (tertiary/aromatic N) is 4. The Balaban J connectivity index is 1.61. The minimum Gasteiger partial charge on any atom is -0.508 e. The highest BCUT2D eigenvalue weighted by Gasteiger charge is 2.44. The lowest BCUT2D eigenvalue weighted by atomic mass is 10.1. The molecular weight excluding hydrogens is 406 g/mol. The second-order valence-corrected chi connectivity index (χ2v) is 6.97. The van der Waals surface area contributed by atoms with Gasteiger partial charge < -0.3 is 35.6 Å². The quantitative estimate of drug-likeness (QED) is 0.310. The summed E-state index contributed by atoms with van der Waals surface area (Å²) in [5, 5.41) is 52.2. The maximum Gasteiger partial charge on any atom is 0.167 e. The van der Waals surface area contributed by atoms with Gasteiger partial charge in [-0.15, -0.1) is 0 Å². The van der Waals surface area contributed by atoms with Gasteiger partial charge in [-0.05, 0) is 6.07 Å². The monoisotopic (exact) mass is 423 g/mol. The molecule has 1 fully saturated rings. The van der Waals surface area contributed by atoms with Crippen LogP contribution in [0.15, 0.2) is 24.8 Å². The number of imidazole rings is 1. The van der Waals surface area contributed by atoms with Gasteiger partial charge in [0.25, 0.3) is 0 Å². The fraction of sp³-hybridized carbons (Fsp3) is 0.353. The first kappa shape index (κ1) is 19.6. The Kier molecular flexibility index (Phi) is 5.15. The largest absolute Gasteiger partial charge is 0.508 e. The summed E-state index contributed by atoms with van der Waals surface area (Å²) in [6.07, 6.45) is -1.76. The number of aliphatic hydroxyl groups is 3. The van der Waals surface area contributed by atoms with Crippen molar-refractivity contribution in [1.29, 1.82) is 0 Å². The number of anilines is 1. The normalized spacial score (nSPS) is 24.3. The molecule has 154 valence electrons. The van der Waals surface area contributed by atoms with Crippen molar-refractivity contribution < 1.29 is 30.3 Å². The molecule has 0 bridgehead atoms. The molecule has 0 amide bonds. The van der Waals surface area contributed by atoms with Gasteiger partial charge in [0.2, 0.25) is 0 Å². The smallest absolute Gasteiger partial charge is 0.167 e. The molecule has 0 aliphatic carbocycles. The van der Waals surface area contributed by atoms with E-state index in [4.69, 9.17) is 16.3 Å². The Morgan fingerprint density at radius 1 is 1.10 bits per heavy atom. The minimum atomic E-state index is -1.27. The molecule has 6 N–H and O–H groups in total. The number of ether oxygens (including phenoxy) is 1. The van der Waals surface area contributed by atoms with Crippen LogP contribution in [-0.4, -0.2) is 70.0 Å². The fourth-order valence-corrected chi connectivity index (χ4v) is 3.35. The molecule has 1 aromatic carbocycles. The number of aliphatic hydroxyl groups excluding tert-OH is 3. The molecule has 4 atom stereocenters. The average molecular weight is 424 g/mol. The summed E-state index contributed by atoms with van der Waals surface area (Å²) >= 11 is 5.76. The number of hydrogen-bond acceptors (Lipinski definition) is 10. The second-order valence-electron chi connectivity index (χ2n) is 6.56. The average Bonchev–Trinajstić information content (AvgIpc) is 3.25. The molecule has 0 radical (unpaired) electrons. The third kappa shape index (κ3) is 3.43. The molecular formula is C17H18ClN5O6. The van der Waals surface area contributed by atoms with Crippen molar-refractivity contribution in [2.24, 2.45) is 0 Å². The van der Waals surface area contributed by atoms with Gasteiger partial charge in [0.05, 0.1) is 18.0 Å². The first-order chi connectivity index (χ1) is 13.9. The van der Waals surface area contributed by atoms with Crippen LogP contribution in [0.5, 0.6) is 11.5 Å². The predicted octanol–water partition coefficient (Wildman–Crippen LogP) is 0.114. The fourth-order valence-electron chi connectivity index (χ4n) is 3.19. The topological polar surface area (TPSA) is 166 Å². The highest BCUT2D eigenvalue weighted by Crippen LogP contribution is 2.33. The van der Waals surface area contributed by atoms with E-state index in [1.54, 1.807) is 0 Å².